The van der Waals surface area contributed by atoms with Gasteiger partial charge in [0.05, 0.1) is 12.2 Å². The van der Waals surface area contributed by atoms with Gasteiger partial charge in [0, 0.05) is 32.1 Å². The number of rotatable bonds is 3. The summed E-state index contributed by atoms with van der Waals surface area (Å²) in [5.74, 6) is 0.806. The van der Waals surface area contributed by atoms with Crippen molar-refractivity contribution in [3.8, 4) is 0 Å². The Bertz CT molecular complexity index is 603. The normalized spacial score (nSPS) is 22.6. The highest BCUT2D eigenvalue weighted by Crippen LogP contribution is 2.38. The van der Waals surface area contributed by atoms with Crippen LogP contribution >= 0.6 is 0 Å². The Morgan fingerprint density at radius 2 is 2.00 bits per heavy atom. The molecular formula is C16H22F3N5O. The zero-order chi connectivity index (χ0) is 18.0. The zero-order valence-electron chi connectivity index (χ0n) is 14.1. The van der Waals surface area contributed by atoms with E-state index in [1.54, 1.807) is 6.07 Å². The van der Waals surface area contributed by atoms with Crippen LogP contribution in [0.1, 0.15) is 31.4 Å². The van der Waals surface area contributed by atoms with Gasteiger partial charge in [-0.1, -0.05) is 6.92 Å². The third kappa shape index (κ3) is 5.29. The maximum Gasteiger partial charge on any atom is 0.401 e. The molecule has 1 N–H and O–H groups in total. The van der Waals surface area contributed by atoms with Gasteiger partial charge in [0.1, 0.15) is 0 Å². The van der Waals surface area contributed by atoms with Gasteiger partial charge in [-0.2, -0.15) is 18.3 Å². The molecule has 138 valence electrons. The summed E-state index contributed by atoms with van der Waals surface area (Å²) in [7, 11) is 0. The second-order valence-corrected chi connectivity index (χ2v) is 6.95. The summed E-state index contributed by atoms with van der Waals surface area (Å²) in [6, 6.07) is 3.22. The molecule has 2 heterocycles. The molecule has 1 aromatic heterocycles. The van der Waals surface area contributed by atoms with Crippen molar-refractivity contribution in [2.24, 2.45) is 5.92 Å². The highest BCUT2D eigenvalue weighted by molar-refractivity contribution is 5.88. The molecule has 2 fully saturated rings. The number of carbonyl (C=O) groups is 1. The Morgan fingerprint density at radius 1 is 1.24 bits per heavy atom. The average Bonchev–Trinajstić information content (AvgIpc) is 3.35. The van der Waals surface area contributed by atoms with Gasteiger partial charge in [-0.05, 0) is 30.9 Å². The maximum absolute atomic E-state index is 12.6. The van der Waals surface area contributed by atoms with Crippen LogP contribution in [0.15, 0.2) is 12.1 Å². The fraction of sp³-hybridized carbons (Fsp3) is 0.688. The molecule has 1 unspecified atom stereocenters. The number of nitrogens with one attached hydrogen (secondary N) is 1. The van der Waals surface area contributed by atoms with Crippen LogP contribution in [-0.4, -0.2) is 64.9 Å². The summed E-state index contributed by atoms with van der Waals surface area (Å²) in [6.45, 7) is 2.08. The van der Waals surface area contributed by atoms with Gasteiger partial charge in [-0.15, -0.1) is 5.10 Å². The van der Waals surface area contributed by atoms with E-state index in [1.807, 2.05) is 13.0 Å². The summed E-state index contributed by atoms with van der Waals surface area (Å²) < 4.78 is 37.8. The van der Waals surface area contributed by atoms with Crippen molar-refractivity contribution < 1.29 is 18.0 Å². The smallest absolute Gasteiger partial charge is 0.323 e. The Morgan fingerprint density at radius 3 is 2.60 bits per heavy atom. The molecule has 1 aliphatic carbocycles. The SMILES string of the molecule is CC1CN(CC(F)(F)F)CCN(C(=O)Nc2ccc(C3CC3)nn2)C1. The highest BCUT2D eigenvalue weighted by atomic mass is 19.4. The van der Waals surface area contributed by atoms with E-state index >= 15 is 0 Å². The standard InChI is InChI=1S/C16H22F3N5O/c1-11-8-23(10-16(17,18)19)6-7-24(9-11)15(25)20-14-5-4-13(21-22-14)12-2-3-12/h4-5,11-12H,2-3,6-10H2,1H3,(H,20,22,25). The lowest BCUT2D eigenvalue weighted by Gasteiger charge is -2.22. The quantitative estimate of drug-likeness (QED) is 0.904. The van der Waals surface area contributed by atoms with E-state index in [1.165, 1.54) is 9.80 Å². The number of hydrogen-bond donors (Lipinski definition) is 1. The van der Waals surface area contributed by atoms with Gasteiger partial charge < -0.3 is 4.90 Å². The number of carbonyl (C=O) groups excluding carboxylic acids is 1. The first kappa shape index (κ1) is 17.9. The molecule has 1 aromatic rings. The van der Waals surface area contributed by atoms with E-state index < -0.39 is 12.7 Å². The number of alkyl halides is 3. The third-order valence-electron chi connectivity index (χ3n) is 4.39. The number of nitrogens with zero attached hydrogens (tertiary/aromatic N) is 4. The first-order valence-corrected chi connectivity index (χ1v) is 8.49. The number of halogens is 3. The van der Waals surface area contributed by atoms with Crippen molar-refractivity contribution in [2.75, 3.05) is 38.0 Å². The molecular weight excluding hydrogens is 335 g/mol. The molecule has 6 nitrogen and oxygen atoms in total. The van der Waals surface area contributed by atoms with Gasteiger partial charge in [0.2, 0.25) is 0 Å². The highest BCUT2D eigenvalue weighted by Gasteiger charge is 2.33. The third-order valence-corrected chi connectivity index (χ3v) is 4.39. The van der Waals surface area contributed by atoms with Gasteiger partial charge in [-0.3, -0.25) is 10.2 Å². The lowest BCUT2D eigenvalue weighted by Crippen LogP contribution is -2.40. The summed E-state index contributed by atoms with van der Waals surface area (Å²) in [6.07, 6.45) is -1.98. The summed E-state index contributed by atoms with van der Waals surface area (Å²) in [5.41, 5.74) is 0.934. The molecule has 0 aromatic carbocycles. The van der Waals surface area contributed by atoms with Crippen LogP contribution in [0, 0.1) is 5.92 Å². The Kier molecular flexibility index (Phi) is 5.12. The van der Waals surface area contributed by atoms with Crippen molar-refractivity contribution in [3.63, 3.8) is 0 Å². The molecule has 1 aliphatic heterocycles. The Hall–Kier alpha value is -1.90. The van der Waals surface area contributed by atoms with Crippen LogP contribution in [0.2, 0.25) is 0 Å². The van der Waals surface area contributed by atoms with E-state index in [9.17, 15) is 18.0 Å². The van der Waals surface area contributed by atoms with Crippen LogP contribution in [0.3, 0.4) is 0 Å². The second-order valence-electron chi connectivity index (χ2n) is 6.95. The average molecular weight is 357 g/mol. The molecule has 25 heavy (non-hydrogen) atoms. The van der Waals surface area contributed by atoms with E-state index in [0.717, 1.165) is 18.5 Å². The number of hydrogen-bond acceptors (Lipinski definition) is 4. The topological polar surface area (TPSA) is 61.4 Å². The Labute approximate surface area is 144 Å². The van der Waals surface area contributed by atoms with E-state index in [0.29, 0.717) is 24.8 Å². The van der Waals surface area contributed by atoms with Gasteiger partial charge in [0.15, 0.2) is 5.82 Å². The number of aromatic nitrogens is 2. The lowest BCUT2D eigenvalue weighted by molar-refractivity contribution is -0.146. The van der Waals surface area contributed by atoms with Crippen LogP contribution in [0.4, 0.5) is 23.8 Å². The van der Waals surface area contributed by atoms with Gasteiger partial charge in [0.25, 0.3) is 0 Å². The first-order valence-electron chi connectivity index (χ1n) is 8.49. The van der Waals surface area contributed by atoms with E-state index in [-0.39, 0.29) is 25.0 Å². The van der Waals surface area contributed by atoms with Crippen molar-refractivity contribution in [3.05, 3.63) is 17.8 Å². The Balaban J connectivity index is 1.56. The fourth-order valence-electron chi connectivity index (χ4n) is 3.10. The molecule has 0 radical (unpaired) electrons. The molecule has 2 amide bonds. The van der Waals surface area contributed by atoms with E-state index in [2.05, 4.69) is 15.5 Å². The second kappa shape index (κ2) is 7.15. The molecule has 2 aliphatic rings. The molecule has 0 spiro atoms. The number of anilines is 1. The number of amides is 2. The van der Waals surface area contributed by atoms with Crippen molar-refractivity contribution in [2.45, 2.75) is 31.9 Å². The van der Waals surface area contributed by atoms with Crippen molar-refractivity contribution >= 4 is 11.8 Å². The fourth-order valence-corrected chi connectivity index (χ4v) is 3.10. The maximum atomic E-state index is 12.6. The zero-order valence-corrected chi connectivity index (χ0v) is 14.1. The summed E-state index contributed by atoms with van der Waals surface area (Å²) in [4.78, 5) is 15.3. The van der Waals surface area contributed by atoms with Crippen molar-refractivity contribution in [1.29, 1.82) is 0 Å². The van der Waals surface area contributed by atoms with Crippen LogP contribution in [0.25, 0.3) is 0 Å². The summed E-state index contributed by atoms with van der Waals surface area (Å²) in [5, 5.41) is 10.8. The largest absolute Gasteiger partial charge is 0.401 e. The number of urea groups is 1. The minimum absolute atomic E-state index is 0.0427. The predicted octanol–water partition coefficient (Wildman–Crippen LogP) is 2.70. The van der Waals surface area contributed by atoms with Crippen LogP contribution < -0.4 is 5.32 Å². The minimum atomic E-state index is -4.23. The molecule has 1 atom stereocenters. The first-order chi connectivity index (χ1) is 11.8. The molecule has 1 saturated carbocycles. The molecule has 0 bridgehead atoms. The van der Waals surface area contributed by atoms with Crippen LogP contribution in [-0.2, 0) is 0 Å². The molecule has 3 rings (SSSR count). The van der Waals surface area contributed by atoms with Crippen LogP contribution in [0.5, 0.6) is 0 Å². The summed E-state index contributed by atoms with van der Waals surface area (Å²) >= 11 is 0. The van der Waals surface area contributed by atoms with Gasteiger partial charge in [-0.25, -0.2) is 4.79 Å². The predicted molar refractivity (Wildman–Crippen MR) is 86.3 cm³/mol. The minimum Gasteiger partial charge on any atom is -0.323 e. The van der Waals surface area contributed by atoms with Crippen molar-refractivity contribution in [1.82, 2.24) is 20.0 Å². The van der Waals surface area contributed by atoms with E-state index in [4.69, 9.17) is 0 Å². The molecule has 1 saturated heterocycles. The molecule has 9 heteroatoms. The monoisotopic (exact) mass is 357 g/mol. The van der Waals surface area contributed by atoms with Gasteiger partial charge >= 0.3 is 12.2 Å². The lowest BCUT2D eigenvalue weighted by atomic mass is 10.1.